The number of halogens is 1. The molecule has 0 aliphatic carbocycles. The lowest BCUT2D eigenvalue weighted by molar-refractivity contribution is -0.116. The Morgan fingerprint density at radius 2 is 1.90 bits per heavy atom. The van der Waals surface area contributed by atoms with Crippen LogP contribution < -0.4 is 10.9 Å². The fourth-order valence-corrected chi connectivity index (χ4v) is 3.51. The molecule has 2 heterocycles. The van der Waals surface area contributed by atoms with Crippen LogP contribution in [0.3, 0.4) is 0 Å². The summed E-state index contributed by atoms with van der Waals surface area (Å²) in [5.74, 6) is 0.754. The van der Waals surface area contributed by atoms with Crippen LogP contribution in [-0.4, -0.2) is 25.1 Å². The van der Waals surface area contributed by atoms with Gasteiger partial charge in [-0.3, -0.25) is 9.59 Å². The zero-order chi connectivity index (χ0) is 21.3. The van der Waals surface area contributed by atoms with E-state index in [1.54, 1.807) is 24.3 Å². The van der Waals surface area contributed by atoms with Gasteiger partial charge in [-0.05, 0) is 31.5 Å². The number of hydrogen-bond acceptors (Lipinski definition) is 4. The zero-order valence-corrected chi connectivity index (χ0v) is 17.3. The van der Waals surface area contributed by atoms with Gasteiger partial charge in [-0.1, -0.05) is 48.0 Å². The monoisotopic (exact) mass is 421 g/mol. The fraction of sp³-hybridized carbons (Fsp3) is 0.182. The van der Waals surface area contributed by atoms with Crippen molar-refractivity contribution < 1.29 is 4.79 Å². The maximum atomic E-state index is 13.1. The number of anilines is 1. The second kappa shape index (κ2) is 8.12. The summed E-state index contributed by atoms with van der Waals surface area (Å²) in [7, 11) is 1.84. The van der Waals surface area contributed by atoms with Crippen molar-refractivity contribution in [3.8, 4) is 11.4 Å². The summed E-state index contributed by atoms with van der Waals surface area (Å²) in [6.45, 7) is 1.85. The van der Waals surface area contributed by atoms with Crippen molar-refractivity contribution in [3.05, 3.63) is 81.2 Å². The molecule has 0 saturated carbocycles. The largest absolute Gasteiger partial charge is 0.326 e. The molecule has 0 spiro atoms. The van der Waals surface area contributed by atoms with Gasteiger partial charge >= 0.3 is 0 Å². The van der Waals surface area contributed by atoms with E-state index in [9.17, 15) is 9.59 Å². The molecular formula is C22H20ClN5O2. The van der Waals surface area contributed by atoms with Crippen LogP contribution in [0.5, 0.6) is 0 Å². The molecular weight excluding hydrogens is 402 g/mol. The molecule has 8 heteroatoms. The van der Waals surface area contributed by atoms with Crippen LogP contribution in [0.2, 0.25) is 5.02 Å². The molecule has 1 amide bonds. The summed E-state index contributed by atoms with van der Waals surface area (Å²) in [6.07, 6.45) is 0.454. The van der Waals surface area contributed by atoms with Gasteiger partial charge in [0.25, 0.3) is 5.56 Å². The molecule has 2 aromatic carbocycles. The van der Waals surface area contributed by atoms with Crippen molar-refractivity contribution >= 4 is 29.0 Å². The van der Waals surface area contributed by atoms with Crippen molar-refractivity contribution in [1.29, 1.82) is 0 Å². The minimum absolute atomic E-state index is 0.161. The fourth-order valence-electron chi connectivity index (χ4n) is 3.32. The summed E-state index contributed by atoms with van der Waals surface area (Å²) in [4.78, 5) is 29.9. The summed E-state index contributed by atoms with van der Waals surface area (Å²) in [6, 6.07) is 16.4. The topological polar surface area (TPSA) is 81.3 Å². The number of nitrogens with one attached hydrogen (secondary N) is 1. The molecule has 0 atom stereocenters. The summed E-state index contributed by atoms with van der Waals surface area (Å²) in [5.41, 5.74) is 2.49. The Morgan fingerprint density at radius 1 is 1.13 bits per heavy atom. The Morgan fingerprint density at radius 3 is 2.63 bits per heavy atom. The van der Waals surface area contributed by atoms with Gasteiger partial charge in [-0.25, -0.2) is 0 Å². The second-order valence-corrected chi connectivity index (χ2v) is 7.44. The number of benzene rings is 2. The first-order valence-electron chi connectivity index (χ1n) is 9.50. The average Bonchev–Trinajstić information content (AvgIpc) is 3.19. The van der Waals surface area contributed by atoms with Crippen LogP contribution in [0, 0.1) is 6.92 Å². The van der Waals surface area contributed by atoms with Crippen molar-refractivity contribution in [1.82, 2.24) is 19.2 Å². The number of nitrogens with zero attached hydrogens (tertiary/aromatic N) is 4. The van der Waals surface area contributed by atoms with E-state index in [1.165, 1.54) is 4.52 Å². The highest BCUT2D eigenvalue weighted by atomic mass is 35.5. The average molecular weight is 422 g/mol. The molecule has 1 N–H and O–H groups in total. The molecule has 0 aliphatic heterocycles. The van der Waals surface area contributed by atoms with Crippen molar-refractivity contribution in [2.45, 2.75) is 19.8 Å². The molecule has 2 aromatic heterocycles. The Bertz CT molecular complexity index is 1290. The lowest BCUT2D eigenvalue weighted by Gasteiger charge is -2.11. The SMILES string of the molecule is Cc1c(CCC(=O)Nc2cccc(Cl)c2)c(=O)n2nc(-c3ccccc3)nc2n1C. The van der Waals surface area contributed by atoms with E-state index in [1.807, 2.05) is 48.9 Å². The third-order valence-electron chi connectivity index (χ3n) is 5.02. The van der Waals surface area contributed by atoms with Gasteiger partial charge < -0.3 is 9.88 Å². The van der Waals surface area contributed by atoms with E-state index in [2.05, 4.69) is 15.4 Å². The molecule has 30 heavy (non-hydrogen) atoms. The van der Waals surface area contributed by atoms with Crippen LogP contribution in [0.4, 0.5) is 5.69 Å². The molecule has 152 valence electrons. The third kappa shape index (κ3) is 3.84. The van der Waals surface area contributed by atoms with Gasteiger partial charge in [0.05, 0.1) is 0 Å². The van der Waals surface area contributed by atoms with Crippen molar-refractivity contribution in [3.63, 3.8) is 0 Å². The summed E-state index contributed by atoms with van der Waals surface area (Å²) < 4.78 is 3.13. The summed E-state index contributed by atoms with van der Waals surface area (Å²) in [5, 5.41) is 7.75. The smallest absolute Gasteiger partial charge is 0.279 e. The van der Waals surface area contributed by atoms with Gasteiger partial charge in [0.2, 0.25) is 11.7 Å². The molecule has 0 saturated heterocycles. The molecule has 0 fully saturated rings. The zero-order valence-electron chi connectivity index (χ0n) is 16.6. The van der Waals surface area contributed by atoms with Gasteiger partial charge in [-0.2, -0.15) is 9.50 Å². The van der Waals surface area contributed by atoms with Crippen LogP contribution in [0.15, 0.2) is 59.4 Å². The Balaban J connectivity index is 1.61. The van der Waals surface area contributed by atoms with Gasteiger partial charge in [0.1, 0.15) is 0 Å². The maximum absolute atomic E-state index is 13.1. The number of aryl methyl sites for hydroxylation is 1. The first-order valence-corrected chi connectivity index (χ1v) is 9.88. The predicted octanol–water partition coefficient (Wildman–Crippen LogP) is 3.63. The molecule has 4 rings (SSSR count). The third-order valence-corrected chi connectivity index (χ3v) is 5.26. The maximum Gasteiger partial charge on any atom is 0.279 e. The molecule has 4 aromatic rings. The van der Waals surface area contributed by atoms with E-state index < -0.39 is 0 Å². The molecule has 0 bridgehead atoms. The van der Waals surface area contributed by atoms with E-state index in [0.717, 1.165) is 11.3 Å². The molecule has 0 aliphatic rings. The highest BCUT2D eigenvalue weighted by Gasteiger charge is 2.17. The van der Waals surface area contributed by atoms with Crippen LogP contribution in [0.1, 0.15) is 17.7 Å². The Hall–Kier alpha value is -3.45. The highest BCUT2D eigenvalue weighted by molar-refractivity contribution is 6.30. The molecule has 0 unspecified atom stereocenters. The minimum atomic E-state index is -0.258. The van der Waals surface area contributed by atoms with Crippen LogP contribution in [0.25, 0.3) is 17.2 Å². The number of rotatable bonds is 5. The van der Waals surface area contributed by atoms with E-state index in [4.69, 9.17) is 11.6 Å². The Labute approximate surface area is 178 Å². The van der Waals surface area contributed by atoms with E-state index in [0.29, 0.717) is 34.3 Å². The molecule has 7 nitrogen and oxygen atoms in total. The van der Waals surface area contributed by atoms with Crippen LogP contribution >= 0.6 is 11.6 Å². The van der Waals surface area contributed by atoms with E-state index in [-0.39, 0.29) is 17.9 Å². The first-order chi connectivity index (χ1) is 14.4. The summed E-state index contributed by atoms with van der Waals surface area (Å²) >= 11 is 5.95. The molecule has 0 radical (unpaired) electrons. The van der Waals surface area contributed by atoms with Crippen LogP contribution in [-0.2, 0) is 18.3 Å². The standard InChI is InChI=1S/C22H20ClN5O2/c1-14-18(11-12-19(29)24-17-10-6-9-16(23)13-17)21(30)28-22(27(14)2)25-20(26-28)15-7-4-3-5-8-15/h3-10,13H,11-12H2,1-2H3,(H,24,29). The lowest BCUT2D eigenvalue weighted by atomic mass is 10.1. The Kier molecular flexibility index (Phi) is 5.37. The van der Waals surface area contributed by atoms with Gasteiger partial charge in [-0.15, -0.1) is 5.10 Å². The number of carbonyl (C=O) groups is 1. The number of fused-ring (bicyclic) bond motifs is 1. The highest BCUT2D eigenvalue weighted by Crippen LogP contribution is 2.17. The van der Waals surface area contributed by atoms with Gasteiger partial charge in [0, 0.05) is 41.0 Å². The van der Waals surface area contributed by atoms with Crippen molar-refractivity contribution in [2.75, 3.05) is 5.32 Å². The van der Waals surface area contributed by atoms with Crippen molar-refractivity contribution in [2.24, 2.45) is 7.05 Å². The minimum Gasteiger partial charge on any atom is -0.326 e. The van der Waals surface area contributed by atoms with E-state index >= 15 is 0 Å². The second-order valence-electron chi connectivity index (χ2n) is 7.00. The number of hydrogen-bond donors (Lipinski definition) is 1. The first kappa shape index (κ1) is 19.8. The quantitative estimate of drug-likeness (QED) is 0.533. The predicted molar refractivity (Wildman–Crippen MR) is 117 cm³/mol. The number of carbonyl (C=O) groups excluding carboxylic acids is 1. The lowest BCUT2D eigenvalue weighted by Crippen LogP contribution is -2.26. The number of aromatic nitrogens is 4. The number of amides is 1. The van der Waals surface area contributed by atoms with Gasteiger partial charge in [0.15, 0.2) is 5.82 Å². The normalized spacial score (nSPS) is 11.0.